The summed E-state index contributed by atoms with van der Waals surface area (Å²) in [5.74, 6) is 1.06. The smallest absolute Gasteiger partial charge is 0.0565 e. The molecule has 3 atom stereocenters. The van der Waals surface area contributed by atoms with E-state index in [2.05, 4.69) is 34.6 Å². The van der Waals surface area contributed by atoms with Crippen LogP contribution in [0, 0.1) is 11.8 Å². The van der Waals surface area contributed by atoms with Crippen LogP contribution in [0.3, 0.4) is 0 Å². The Morgan fingerprint density at radius 1 is 1.07 bits per heavy atom. The monoisotopic (exact) mass is 219 g/mol. The molecule has 14 heavy (non-hydrogen) atoms. The summed E-state index contributed by atoms with van der Waals surface area (Å²) in [6, 6.07) is 0.0891. The highest BCUT2D eigenvalue weighted by Crippen LogP contribution is 2.26. The molecule has 3 unspecified atom stereocenters. The van der Waals surface area contributed by atoms with E-state index in [-0.39, 0.29) is 17.9 Å². The van der Waals surface area contributed by atoms with Gasteiger partial charge in [0.25, 0.3) is 0 Å². The summed E-state index contributed by atoms with van der Waals surface area (Å²) in [6.45, 7) is 11.0. The van der Waals surface area contributed by atoms with Crippen LogP contribution in [0.15, 0.2) is 0 Å². The predicted molar refractivity (Wildman–Crippen MR) is 65.6 cm³/mol. The Kier molecular flexibility index (Phi) is 6.83. The summed E-state index contributed by atoms with van der Waals surface area (Å²) in [7, 11) is 0. The van der Waals surface area contributed by atoms with Crippen LogP contribution in [0.4, 0.5) is 0 Å². The molecule has 0 saturated heterocycles. The SMILES string of the molecule is CC(C)C(C)SC(CO)C(N)C(C)C. The lowest BCUT2D eigenvalue weighted by Gasteiger charge is -2.28. The molecule has 0 amide bonds. The zero-order chi connectivity index (χ0) is 11.3. The van der Waals surface area contributed by atoms with Crippen molar-refractivity contribution in [1.82, 2.24) is 0 Å². The predicted octanol–water partition coefficient (Wildman–Crippen LogP) is 2.11. The Hall–Kier alpha value is 0.270. The third kappa shape index (κ3) is 4.67. The minimum absolute atomic E-state index is 0.0891. The van der Waals surface area contributed by atoms with Gasteiger partial charge in [-0.2, -0.15) is 11.8 Å². The van der Waals surface area contributed by atoms with Crippen LogP contribution in [0.1, 0.15) is 34.6 Å². The van der Waals surface area contributed by atoms with E-state index in [0.717, 1.165) is 0 Å². The van der Waals surface area contributed by atoms with Crippen molar-refractivity contribution in [3.8, 4) is 0 Å². The van der Waals surface area contributed by atoms with E-state index in [1.807, 2.05) is 11.8 Å². The maximum Gasteiger partial charge on any atom is 0.0565 e. The zero-order valence-corrected chi connectivity index (χ0v) is 10.8. The normalized spacial score (nSPS) is 18.6. The largest absolute Gasteiger partial charge is 0.395 e. The number of hydrogen-bond acceptors (Lipinski definition) is 3. The van der Waals surface area contributed by atoms with E-state index >= 15 is 0 Å². The van der Waals surface area contributed by atoms with Crippen molar-refractivity contribution in [1.29, 1.82) is 0 Å². The fourth-order valence-electron chi connectivity index (χ4n) is 1.12. The fourth-order valence-corrected chi connectivity index (χ4v) is 2.57. The van der Waals surface area contributed by atoms with Crippen molar-refractivity contribution in [2.75, 3.05) is 6.61 Å². The van der Waals surface area contributed by atoms with E-state index in [9.17, 15) is 5.11 Å². The van der Waals surface area contributed by atoms with Crippen molar-refractivity contribution >= 4 is 11.8 Å². The van der Waals surface area contributed by atoms with Crippen molar-refractivity contribution < 1.29 is 5.11 Å². The van der Waals surface area contributed by atoms with Crippen LogP contribution in [-0.4, -0.2) is 28.3 Å². The van der Waals surface area contributed by atoms with Crippen LogP contribution < -0.4 is 5.73 Å². The molecule has 0 aromatic carbocycles. The quantitative estimate of drug-likeness (QED) is 0.719. The van der Waals surface area contributed by atoms with Crippen molar-refractivity contribution in [2.24, 2.45) is 17.6 Å². The topological polar surface area (TPSA) is 46.2 Å². The Bertz CT molecular complexity index is 150. The molecule has 0 rings (SSSR count). The lowest BCUT2D eigenvalue weighted by Crippen LogP contribution is -2.40. The molecule has 0 heterocycles. The zero-order valence-electron chi connectivity index (χ0n) is 10.0. The lowest BCUT2D eigenvalue weighted by atomic mass is 10.0. The number of aliphatic hydroxyl groups excluding tert-OH is 1. The van der Waals surface area contributed by atoms with E-state index in [1.165, 1.54) is 0 Å². The molecule has 0 aliphatic heterocycles. The highest BCUT2D eigenvalue weighted by Gasteiger charge is 2.23. The molecule has 0 aliphatic rings. The summed E-state index contributed by atoms with van der Waals surface area (Å²) in [6.07, 6.45) is 0. The Morgan fingerprint density at radius 3 is 1.86 bits per heavy atom. The van der Waals surface area contributed by atoms with Crippen LogP contribution in [-0.2, 0) is 0 Å². The second kappa shape index (κ2) is 6.70. The molecule has 0 aliphatic carbocycles. The van der Waals surface area contributed by atoms with Gasteiger partial charge < -0.3 is 10.8 Å². The van der Waals surface area contributed by atoms with Gasteiger partial charge in [-0.3, -0.25) is 0 Å². The Morgan fingerprint density at radius 2 is 1.57 bits per heavy atom. The minimum Gasteiger partial charge on any atom is -0.395 e. The summed E-state index contributed by atoms with van der Waals surface area (Å²) in [5.41, 5.74) is 6.04. The van der Waals surface area contributed by atoms with Crippen LogP contribution in [0.25, 0.3) is 0 Å². The highest BCUT2D eigenvalue weighted by atomic mass is 32.2. The molecule has 0 spiro atoms. The van der Waals surface area contributed by atoms with Crippen molar-refractivity contribution in [3.05, 3.63) is 0 Å². The van der Waals surface area contributed by atoms with Gasteiger partial charge >= 0.3 is 0 Å². The van der Waals surface area contributed by atoms with Crippen LogP contribution in [0.2, 0.25) is 0 Å². The number of hydrogen-bond donors (Lipinski definition) is 2. The molecule has 0 saturated carbocycles. The van der Waals surface area contributed by atoms with Crippen molar-refractivity contribution in [2.45, 2.75) is 51.2 Å². The Labute approximate surface area is 92.6 Å². The standard InChI is InChI=1S/C11H25NOS/c1-7(2)9(5)14-10(6-13)11(12)8(3)4/h7-11,13H,6,12H2,1-5H3. The van der Waals surface area contributed by atoms with Gasteiger partial charge in [-0.05, 0) is 11.8 Å². The van der Waals surface area contributed by atoms with Crippen molar-refractivity contribution in [3.63, 3.8) is 0 Å². The average molecular weight is 219 g/mol. The maximum atomic E-state index is 9.28. The molecular formula is C11H25NOS. The van der Waals surface area contributed by atoms with E-state index in [1.54, 1.807) is 0 Å². The summed E-state index contributed by atoms with van der Waals surface area (Å²) >= 11 is 1.81. The first-order chi connectivity index (χ1) is 6.40. The maximum absolute atomic E-state index is 9.28. The van der Waals surface area contributed by atoms with Crippen LogP contribution in [0.5, 0.6) is 0 Å². The fraction of sp³-hybridized carbons (Fsp3) is 1.00. The molecule has 0 radical (unpaired) electrons. The molecule has 86 valence electrons. The Balaban J connectivity index is 4.14. The molecule has 0 aromatic heterocycles. The first-order valence-corrected chi connectivity index (χ1v) is 6.36. The first kappa shape index (κ1) is 14.3. The summed E-state index contributed by atoms with van der Waals surface area (Å²) in [5, 5.41) is 10.0. The third-order valence-electron chi connectivity index (χ3n) is 2.71. The van der Waals surface area contributed by atoms with E-state index < -0.39 is 0 Å². The minimum atomic E-state index is 0.0891. The third-order valence-corrected chi connectivity index (χ3v) is 4.49. The van der Waals surface area contributed by atoms with E-state index in [4.69, 9.17) is 5.73 Å². The summed E-state index contributed by atoms with van der Waals surface area (Å²) < 4.78 is 0. The summed E-state index contributed by atoms with van der Waals surface area (Å²) in [4.78, 5) is 0. The lowest BCUT2D eigenvalue weighted by molar-refractivity contribution is 0.269. The van der Waals surface area contributed by atoms with Gasteiger partial charge in [-0.1, -0.05) is 34.6 Å². The second-order valence-electron chi connectivity index (χ2n) is 4.63. The van der Waals surface area contributed by atoms with Gasteiger partial charge in [0.05, 0.1) is 6.61 Å². The molecule has 0 fully saturated rings. The second-order valence-corrected chi connectivity index (χ2v) is 6.25. The molecule has 3 N–H and O–H groups in total. The number of nitrogens with two attached hydrogens (primary N) is 1. The van der Waals surface area contributed by atoms with Gasteiger partial charge in [0.15, 0.2) is 0 Å². The molecule has 2 nitrogen and oxygen atoms in total. The number of thioether (sulfide) groups is 1. The average Bonchev–Trinajstić information content (AvgIpc) is 2.12. The number of aliphatic hydroxyl groups is 1. The highest BCUT2D eigenvalue weighted by molar-refractivity contribution is 8.00. The molecule has 3 heteroatoms. The van der Waals surface area contributed by atoms with Gasteiger partial charge in [-0.25, -0.2) is 0 Å². The van der Waals surface area contributed by atoms with Gasteiger partial charge in [0, 0.05) is 16.5 Å². The molecular weight excluding hydrogens is 194 g/mol. The molecule has 0 aromatic rings. The van der Waals surface area contributed by atoms with Gasteiger partial charge in [0.1, 0.15) is 0 Å². The van der Waals surface area contributed by atoms with Gasteiger partial charge in [-0.15, -0.1) is 0 Å². The number of rotatable bonds is 6. The first-order valence-electron chi connectivity index (χ1n) is 5.42. The van der Waals surface area contributed by atoms with Gasteiger partial charge in [0.2, 0.25) is 0 Å². The molecule has 0 bridgehead atoms. The van der Waals surface area contributed by atoms with Crippen LogP contribution >= 0.6 is 11.8 Å². The van der Waals surface area contributed by atoms with E-state index in [0.29, 0.717) is 17.1 Å².